The molecule has 62 valence electrons. The van der Waals surface area contributed by atoms with Crippen LogP contribution in [0, 0.1) is 5.41 Å². The van der Waals surface area contributed by atoms with Crippen LogP contribution in [0.3, 0.4) is 0 Å². The predicted molar refractivity (Wildman–Crippen MR) is 41.9 cm³/mol. The van der Waals surface area contributed by atoms with E-state index in [1.54, 1.807) is 4.90 Å². The summed E-state index contributed by atoms with van der Waals surface area (Å²) in [6, 6.07) is 0. The molecular formula is C6H12N4O. The first kappa shape index (κ1) is 7.84. The monoisotopic (exact) mass is 156 g/mol. The third kappa shape index (κ3) is 1.83. The van der Waals surface area contributed by atoms with Crippen LogP contribution < -0.4 is 5.73 Å². The summed E-state index contributed by atoms with van der Waals surface area (Å²) in [6.07, 6.45) is 1.41. The molecule has 5 heteroatoms. The highest BCUT2D eigenvalue weighted by atomic mass is 16.4. The molecule has 1 fully saturated rings. The number of guanidine groups is 1. The van der Waals surface area contributed by atoms with Crippen LogP contribution >= 0.6 is 0 Å². The molecule has 0 amide bonds. The van der Waals surface area contributed by atoms with Crippen molar-refractivity contribution in [1.29, 1.82) is 5.41 Å². The van der Waals surface area contributed by atoms with E-state index in [1.165, 1.54) is 0 Å². The predicted octanol–water partition coefficient (Wildman–Crippen LogP) is -0.194. The fraction of sp³-hybridized carbons (Fsp3) is 0.667. The Balaban J connectivity index is 2.42. The Hall–Kier alpha value is -1.26. The summed E-state index contributed by atoms with van der Waals surface area (Å²) >= 11 is 0. The number of nitrogens with two attached hydrogens (primary N) is 1. The number of nitrogens with zero attached hydrogens (tertiary/aromatic N) is 2. The van der Waals surface area contributed by atoms with E-state index in [-0.39, 0.29) is 5.96 Å². The second-order valence-electron chi connectivity index (χ2n) is 2.54. The van der Waals surface area contributed by atoms with Crippen molar-refractivity contribution in [1.82, 2.24) is 4.90 Å². The average molecular weight is 156 g/mol. The number of likely N-dealkylation sites (tertiary alicyclic amines) is 1. The molecule has 1 heterocycles. The minimum absolute atomic E-state index is 0.0991. The highest BCUT2D eigenvalue weighted by Crippen LogP contribution is 2.05. The van der Waals surface area contributed by atoms with Gasteiger partial charge in [-0.3, -0.25) is 5.41 Å². The maximum Gasteiger partial charge on any atom is 0.188 e. The molecule has 0 saturated carbocycles. The van der Waals surface area contributed by atoms with E-state index in [2.05, 4.69) is 5.16 Å². The van der Waals surface area contributed by atoms with E-state index < -0.39 is 0 Å². The van der Waals surface area contributed by atoms with Crippen LogP contribution in [-0.4, -0.2) is 34.9 Å². The maximum atomic E-state index is 8.40. The minimum atomic E-state index is 0.0991. The molecule has 0 aliphatic carbocycles. The van der Waals surface area contributed by atoms with Gasteiger partial charge in [-0.15, -0.1) is 0 Å². The third-order valence-electron chi connectivity index (χ3n) is 1.82. The molecule has 11 heavy (non-hydrogen) atoms. The quantitative estimate of drug-likeness (QED) is 0.196. The molecule has 0 spiro atoms. The van der Waals surface area contributed by atoms with E-state index in [4.69, 9.17) is 16.4 Å². The first-order chi connectivity index (χ1) is 5.24. The highest BCUT2D eigenvalue weighted by Gasteiger charge is 2.15. The van der Waals surface area contributed by atoms with E-state index in [1.807, 2.05) is 0 Å². The van der Waals surface area contributed by atoms with Gasteiger partial charge in [0.05, 0.1) is 5.71 Å². The van der Waals surface area contributed by atoms with E-state index in [0.717, 1.165) is 5.71 Å². The second kappa shape index (κ2) is 3.23. The molecule has 0 aromatic carbocycles. The van der Waals surface area contributed by atoms with Gasteiger partial charge in [-0.25, -0.2) is 0 Å². The number of hydrogen-bond donors (Lipinski definition) is 3. The number of piperidine rings is 1. The normalized spacial score (nSPS) is 18.2. The van der Waals surface area contributed by atoms with Crippen molar-refractivity contribution in [3.8, 4) is 0 Å². The summed E-state index contributed by atoms with van der Waals surface area (Å²) in [7, 11) is 0. The number of nitrogens with one attached hydrogen (secondary N) is 1. The molecule has 0 radical (unpaired) electrons. The molecule has 4 N–H and O–H groups in total. The first-order valence-corrected chi connectivity index (χ1v) is 3.53. The zero-order valence-corrected chi connectivity index (χ0v) is 6.25. The van der Waals surface area contributed by atoms with Crippen LogP contribution in [0.5, 0.6) is 0 Å². The van der Waals surface area contributed by atoms with E-state index in [9.17, 15) is 0 Å². The molecule has 0 aromatic heterocycles. The molecule has 1 rings (SSSR count). The molecule has 0 atom stereocenters. The highest BCUT2D eigenvalue weighted by molar-refractivity contribution is 5.86. The van der Waals surface area contributed by atoms with Crippen LogP contribution in [0.2, 0.25) is 0 Å². The van der Waals surface area contributed by atoms with Crippen LogP contribution in [-0.2, 0) is 0 Å². The Labute approximate surface area is 65.0 Å². The SMILES string of the molecule is N=C(N)N1CCC(=NO)CC1. The molecule has 1 aliphatic rings. The summed E-state index contributed by atoms with van der Waals surface area (Å²) in [6.45, 7) is 1.38. The first-order valence-electron chi connectivity index (χ1n) is 3.53. The van der Waals surface area contributed by atoms with Gasteiger partial charge in [0, 0.05) is 25.9 Å². The molecule has 1 aliphatic heterocycles. The molecule has 1 saturated heterocycles. The maximum absolute atomic E-state index is 8.40. The molecule has 0 unspecified atom stereocenters. The fourth-order valence-corrected chi connectivity index (χ4v) is 1.11. The molecule has 0 bridgehead atoms. The van der Waals surface area contributed by atoms with Gasteiger partial charge in [0.2, 0.25) is 0 Å². The Morgan fingerprint density at radius 2 is 2.09 bits per heavy atom. The fourth-order valence-electron chi connectivity index (χ4n) is 1.11. The smallest absolute Gasteiger partial charge is 0.188 e. The van der Waals surface area contributed by atoms with Crippen LogP contribution in [0.15, 0.2) is 5.16 Å². The van der Waals surface area contributed by atoms with Crippen LogP contribution in [0.1, 0.15) is 12.8 Å². The van der Waals surface area contributed by atoms with Crippen LogP contribution in [0.4, 0.5) is 0 Å². The molecule has 0 aromatic rings. The summed E-state index contributed by atoms with van der Waals surface area (Å²) < 4.78 is 0. The van der Waals surface area contributed by atoms with Crippen molar-refractivity contribution in [2.24, 2.45) is 10.9 Å². The van der Waals surface area contributed by atoms with Crippen molar-refractivity contribution in [2.75, 3.05) is 13.1 Å². The van der Waals surface area contributed by atoms with Crippen molar-refractivity contribution >= 4 is 11.7 Å². The lowest BCUT2D eigenvalue weighted by Crippen LogP contribution is -2.42. The zero-order chi connectivity index (χ0) is 8.27. The van der Waals surface area contributed by atoms with Gasteiger partial charge in [-0.05, 0) is 0 Å². The number of rotatable bonds is 0. The summed E-state index contributed by atoms with van der Waals surface area (Å²) in [5.41, 5.74) is 6.05. The number of hydrogen-bond acceptors (Lipinski definition) is 3. The van der Waals surface area contributed by atoms with Gasteiger partial charge in [0.15, 0.2) is 5.96 Å². The summed E-state index contributed by atoms with van der Waals surface area (Å²) in [4.78, 5) is 1.76. The Morgan fingerprint density at radius 1 is 1.55 bits per heavy atom. The lowest BCUT2D eigenvalue weighted by Gasteiger charge is -2.26. The Bertz CT molecular complexity index is 179. The largest absolute Gasteiger partial charge is 0.411 e. The minimum Gasteiger partial charge on any atom is -0.411 e. The van der Waals surface area contributed by atoms with E-state index in [0.29, 0.717) is 25.9 Å². The average Bonchev–Trinajstić information content (AvgIpc) is 2.05. The van der Waals surface area contributed by atoms with Gasteiger partial charge in [0.1, 0.15) is 0 Å². The third-order valence-corrected chi connectivity index (χ3v) is 1.82. The van der Waals surface area contributed by atoms with Gasteiger partial charge in [0.25, 0.3) is 0 Å². The van der Waals surface area contributed by atoms with Crippen molar-refractivity contribution in [2.45, 2.75) is 12.8 Å². The standard InChI is InChI=1S/C6H12N4O/c7-6(8)10-3-1-5(9-11)2-4-10/h11H,1-4H2,(H3,7,8). The van der Waals surface area contributed by atoms with Crippen molar-refractivity contribution < 1.29 is 5.21 Å². The van der Waals surface area contributed by atoms with Gasteiger partial charge >= 0.3 is 0 Å². The van der Waals surface area contributed by atoms with Gasteiger partial charge in [-0.1, -0.05) is 5.16 Å². The zero-order valence-electron chi connectivity index (χ0n) is 6.25. The lowest BCUT2D eigenvalue weighted by atomic mass is 10.1. The molecular weight excluding hydrogens is 144 g/mol. The number of oxime groups is 1. The molecule has 5 nitrogen and oxygen atoms in total. The van der Waals surface area contributed by atoms with Gasteiger partial charge in [-0.2, -0.15) is 0 Å². The lowest BCUT2D eigenvalue weighted by molar-refractivity contribution is 0.309. The van der Waals surface area contributed by atoms with Gasteiger partial charge < -0.3 is 15.8 Å². The Kier molecular flexibility index (Phi) is 2.30. The van der Waals surface area contributed by atoms with E-state index >= 15 is 0 Å². The van der Waals surface area contributed by atoms with Crippen LogP contribution in [0.25, 0.3) is 0 Å². The topological polar surface area (TPSA) is 85.7 Å². The summed E-state index contributed by atoms with van der Waals surface area (Å²) in [5, 5.41) is 18.6. The Morgan fingerprint density at radius 3 is 2.45 bits per heavy atom. The van der Waals surface area contributed by atoms with Crippen molar-refractivity contribution in [3.63, 3.8) is 0 Å². The summed E-state index contributed by atoms with van der Waals surface area (Å²) in [5.74, 6) is 0.0991. The second-order valence-corrected chi connectivity index (χ2v) is 2.54. The van der Waals surface area contributed by atoms with Crippen molar-refractivity contribution in [3.05, 3.63) is 0 Å².